The summed E-state index contributed by atoms with van der Waals surface area (Å²) in [4.78, 5) is 12.0. The highest BCUT2D eigenvalue weighted by Crippen LogP contribution is 2.62. The molecule has 8 rings (SSSR count). The Kier molecular flexibility index (Phi) is 14.6. The van der Waals surface area contributed by atoms with Gasteiger partial charge in [-0.2, -0.15) is 4.31 Å². The molecule has 1 saturated carbocycles. The van der Waals surface area contributed by atoms with Gasteiger partial charge < -0.3 is 34.0 Å². The third-order valence-electron chi connectivity index (χ3n) is 13.0. The van der Waals surface area contributed by atoms with Crippen LogP contribution in [-0.4, -0.2) is 91.5 Å². The van der Waals surface area contributed by atoms with Crippen LogP contribution in [0.15, 0.2) is 118 Å². The van der Waals surface area contributed by atoms with Gasteiger partial charge in [0.15, 0.2) is 0 Å². The van der Waals surface area contributed by atoms with Crippen molar-refractivity contribution in [3.8, 4) is 17.2 Å². The number of hydrogen-bond donors (Lipinski definition) is 2. The van der Waals surface area contributed by atoms with Crippen molar-refractivity contribution in [1.29, 1.82) is 0 Å². The second kappa shape index (κ2) is 20.3. The summed E-state index contributed by atoms with van der Waals surface area (Å²) in [7, 11) is -2.68. The van der Waals surface area contributed by atoms with Gasteiger partial charge in [0.2, 0.25) is 22.1 Å². The smallest absolute Gasteiger partial charge is 0.245 e. The van der Waals surface area contributed by atoms with E-state index in [0.29, 0.717) is 59.7 Å². The molecule has 7 atom stereocenters. The van der Waals surface area contributed by atoms with E-state index in [1.165, 1.54) is 4.31 Å². The Bertz CT molecular complexity index is 2380. The number of para-hydroxylation sites is 1. The molecule has 2 fully saturated rings. The molecule has 0 radical (unpaired) electrons. The third kappa shape index (κ3) is 9.31. The minimum absolute atomic E-state index is 0.00115. The van der Waals surface area contributed by atoms with Gasteiger partial charge in [-0.15, -0.1) is 18.3 Å². The number of fused-ring (bicyclic) bond motifs is 3. The second-order valence-electron chi connectivity index (χ2n) is 16.8. The highest BCUT2D eigenvalue weighted by atomic mass is 32.2. The quantitative estimate of drug-likeness (QED) is 0.0402. The van der Waals surface area contributed by atoms with Crippen molar-refractivity contribution in [3.63, 3.8) is 0 Å². The van der Waals surface area contributed by atoms with Crippen molar-refractivity contribution in [3.05, 3.63) is 109 Å². The Morgan fingerprint density at radius 2 is 1.78 bits per heavy atom. The normalized spacial score (nSPS) is 26.1. The fourth-order valence-electron chi connectivity index (χ4n) is 10.1. The lowest BCUT2D eigenvalue weighted by molar-refractivity contribution is -0.250. The maximum Gasteiger partial charge on any atom is 0.245 e. The number of oxime groups is 1. The molecule has 1 aromatic heterocycles. The van der Waals surface area contributed by atoms with Crippen LogP contribution in [0.5, 0.6) is 17.2 Å². The molecular weight excluding hydrogens is 839 g/mol. The van der Waals surface area contributed by atoms with Crippen molar-refractivity contribution in [2.24, 2.45) is 22.9 Å². The minimum Gasteiger partial charge on any atom is -0.460 e. The summed E-state index contributed by atoms with van der Waals surface area (Å²) in [6.45, 7) is 4.83. The van der Waals surface area contributed by atoms with E-state index >= 15 is 8.42 Å². The summed E-state index contributed by atoms with van der Waals surface area (Å²) in [5, 5.41) is 25.5. The minimum atomic E-state index is -4.27. The molecule has 63 heavy (non-hydrogen) atoms. The molecule has 336 valence electrons. The third-order valence-corrected chi connectivity index (χ3v) is 15.7. The van der Waals surface area contributed by atoms with E-state index in [-0.39, 0.29) is 48.9 Å². The number of hydrogen-bond acceptors (Lipinski definition) is 12. The van der Waals surface area contributed by atoms with Crippen molar-refractivity contribution in [1.82, 2.24) is 9.29 Å². The van der Waals surface area contributed by atoms with Crippen molar-refractivity contribution in [2.75, 3.05) is 39.7 Å². The second-order valence-corrected chi connectivity index (χ2v) is 19.6. The Morgan fingerprint density at radius 1 is 1.00 bits per heavy atom. The topological polar surface area (TPSA) is 149 Å². The zero-order chi connectivity index (χ0) is 44.0. The van der Waals surface area contributed by atoms with Crippen molar-refractivity contribution in [2.45, 2.75) is 98.0 Å². The number of ether oxygens (including phenoxy) is 4. The van der Waals surface area contributed by atoms with Crippen LogP contribution in [0, 0.1) is 17.8 Å². The predicted octanol–water partition coefficient (Wildman–Crippen LogP) is 9.23. The van der Waals surface area contributed by atoms with E-state index in [1.807, 2.05) is 54.8 Å². The van der Waals surface area contributed by atoms with Gasteiger partial charge in [0.25, 0.3) is 0 Å². The number of likely N-dealkylation sites (N-methyl/N-ethyl adjacent to an activating group) is 1. The Balaban J connectivity index is 1.33. The summed E-state index contributed by atoms with van der Waals surface area (Å²) in [6.07, 6.45) is 14.2. The standard InChI is InChI=1S/C49H59N3O9S2/c1-4-28-58-49-44(52(2)63(55,56)43-17-11-14-33-15-12-25-50-48(33)43)32-41(51-61-45-18-7-10-29-57-45)39-30-34(13-5-8-26-53)38(16-6-9-27-54)46(47(39)49)40-31-36(21-24-42(40)60-49)59-35-19-22-37(62-3)23-20-35/h4,11-12,14-15,17,19-25,30-31,34,38,44-47,53-54H,1,5-10,13,16,18,26-29,32H2,2-3H3/t34-,38+,44-,45?,46+,47+,49+/m0/s1. The predicted molar refractivity (Wildman–Crippen MR) is 245 cm³/mol. The van der Waals surface area contributed by atoms with Gasteiger partial charge in [-0.05, 0) is 117 Å². The zero-order valence-corrected chi connectivity index (χ0v) is 37.8. The fourth-order valence-corrected chi connectivity index (χ4v) is 12.0. The number of rotatable bonds is 19. The molecule has 0 amide bonds. The molecule has 2 aliphatic heterocycles. The molecule has 2 aliphatic carbocycles. The van der Waals surface area contributed by atoms with Crippen LogP contribution in [-0.2, 0) is 24.3 Å². The molecule has 3 heterocycles. The van der Waals surface area contributed by atoms with Crippen LogP contribution >= 0.6 is 11.8 Å². The molecule has 4 aromatic rings. The van der Waals surface area contributed by atoms with Crippen molar-refractivity contribution < 1.29 is 42.4 Å². The number of aliphatic hydroxyl groups excluding tert-OH is 2. The summed E-state index contributed by atoms with van der Waals surface area (Å²) in [5.74, 6) is -0.489. The number of aromatic nitrogens is 1. The average Bonchev–Trinajstić information content (AvgIpc) is 3.31. The number of thioether (sulfide) groups is 1. The van der Waals surface area contributed by atoms with Crippen LogP contribution in [0.4, 0.5) is 0 Å². The molecule has 0 bridgehead atoms. The summed E-state index contributed by atoms with van der Waals surface area (Å²) < 4.78 is 58.7. The van der Waals surface area contributed by atoms with Crippen LogP contribution in [0.1, 0.15) is 75.7 Å². The molecule has 1 saturated heterocycles. The van der Waals surface area contributed by atoms with Gasteiger partial charge >= 0.3 is 0 Å². The lowest BCUT2D eigenvalue weighted by Crippen LogP contribution is -2.69. The largest absolute Gasteiger partial charge is 0.460 e. The lowest BCUT2D eigenvalue weighted by atomic mass is 9.55. The Labute approximate surface area is 375 Å². The van der Waals surface area contributed by atoms with Crippen LogP contribution in [0.3, 0.4) is 0 Å². The monoisotopic (exact) mass is 897 g/mol. The van der Waals surface area contributed by atoms with E-state index in [9.17, 15) is 10.2 Å². The number of unbranched alkanes of at least 4 members (excludes halogenated alkanes) is 2. The summed E-state index contributed by atoms with van der Waals surface area (Å²) in [5.41, 5.74) is 2.77. The molecule has 1 unspecified atom stereocenters. The van der Waals surface area contributed by atoms with E-state index in [1.54, 1.807) is 49.3 Å². The molecular formula is C49H59N3O9S2. The number of nitrogens with zero attached hydrogens (tertiary/aromatic N) is 3. The van der Waals surface area contributed by atoms with E-state index in [4.69, 9.17) is 28.9 Å². The molecule has 14 heteroatoms. The first kappa shape index (κ1) is 45.3. The molecule has 4 aliphatic rings. The number of allylic oxidation sites excluding steroid dienone is 1. The highest BCUT2D eigenvalue weighted by molar-refractivity contribution is 7.98. The van der Waals surface area contributed by atoms with Gasteiger partial charge in [-0.3, -0.25) is 4.98 Å². The van der Waals surface area contributed by atoms with Gasteiger partial charge in [-0.1, -0.05) is 48.3 Å². The molecule has 0 spiro atoms. The van der Waals surface area contributed by atoms with Gasteiger partial charge in [0, 0.05) is 61.1 Å². The fraction of sp³-hybridized carbons (Fsp3) is 0.469. The zero-order valence-electron chi connectivity index (χ0n) is 36.1. The van der Waals surface area contributed by atoms with Crippen LogP contribution < -0.4 is 9.47 Å². The van der Waals surface area contributed by atoms with Crippen LogP contribution in [0.2, 0.25) is 0 Å². The van der Waals surface area contributed by atoms with E-state index in [2.05, 4.69) is 23.7 Å². The summed E-state index contributed by atoms with van der Waals surface area (Å²) in [6, 6.07) is 21.7. The molecule has 3 aromatic carbocycles. The van der Waals surface area contributed by atoms with Gasteiger partial charge in [0.05, 0.1) is 36.4 Å². The highest BCUT2D eigenvalue weighted by Gasteiger charge is 2.66. The summed E-state index contributed by atoms with van der Waals surface area (Å²) >= 11 is 1.66. The Hall–Kier alpha value is -4.28. The lowest BCUT2D eigenvalue weighted by Gasteiger charge is -2.59. The maximum absolute atomic E-state index is 15.2. The number of benzene rings is 3. The van der Waals surface area contributed by atoms with E-state index < -0.39 is 34.1 Å². The van der Waals surface area contributed by atoms with Gasteiger partial charge in [-0.25, -0.2) is 8.42 Å². The Morgan fingerprint density at radius 3 is 2.52 bits per heavy atom. The van der Waals surface area contributed by atoms with E-state index in [0.717, 1.165) is 54.6 Å². The number of sulfonamides is 1. The SMILES string of the molecule is C=CCO[C@@]12Oc3ccc(Oc4ccc(SC)cc4)cc3[C@H]3[C@H](CCCCO)[C@@H](CCCCO)C=C(C(=NOC4CCCCO4)C[C@@H]1N(C)S(=O)(=O)c1cccc4cccnc14)[C@H]32. The first-order valence-electron chi connectivity index (χ1n) is 22.2. The average molecular weight is 898 g/mol. The van der Waals surface area contributed by atoms with Gasteiger partial charge in [0.1, 0.15) is 22.1 Å². The number of pyridine rings is 1. The maximum atomic E-state index is 15.2. The number of aliphatic hydroxyl groups is 2. The van der Waals surface area contributed by atoms with Crippen LogP contribution in [0.25, 0.3) is 10.9 Å². The molecule has 12 nitrogen and oxygen atoms in total. The first-order chi connectivity index (χ1) is 30.7. The molecule has 2 N–H and O–H groups in total. The first-order valence-corrected chi connectivity index (χ1v) is 24.9. The van der Waals surface area contributed by atoms with Crippen molar-refractivity contribution >= 4 is 38.4 Å².